The van der Waals surface area contributed by atoms with Gasteiger partial charge in [-0.1, -0.05) is 35.6 Å². The maximum atomic E-state index is 13.5. The van der Waals surface area contributed by atoms with E-state index < -0.39 is 11.6 Å². The molecule has 0 aliphatic heterocycles. The van der Waals surface area contributed by atoms with Crippen molar-refractivity contribution in [2.75, 3.05) is 6.54 Å². The van der Waals surface area contributed by atoms with Crippen molar-refractivity contribution in [2.45, 2.75) is 6.61 Å². The lowest BCUT2D eigenvalue weighted by atomic mass is 10.2. The van der Waals surface area contributed by atoms with Crippen LogP contribution in [0.1, 0.15) is 11.1 Å². The maximum Gasteiger partial charge on any atom is 0.142 e. The van der Waals surface area contributed by atoms with Gasteiger partial charge in [-0.3, -0.25) is 0 Å². The van der Waals surface area contributed by atoms with Gasteiger partial charge in [-0.15, -0.1) is 0 Å². The Balaban J connectivity index is 2.16. The van der Waals surface area contributed by atoms with Crippen LogP contribution in [0, 0.1) is 23.5 Å². The van der Waals surface area contributed by atoms with Crippen LogP contribution in [-0.4, -0.2) is 6.54 Å². The number of rotatable bonds is 3. The standard InChI is InChI=1S/C16H12ClF2NO/c17-16-12(4-1-5-15(16)19)10-21-14-8-11(3-2-6-20)7-13(18)9-14/h1,4-5,7-9H,6,10,20H2. The molecule has 0 bridgehead atoms. The van der Waals surface area contributed by atoms with E-state index in [0.717, 1.165) is 0 Å². The van der Waals surface area contributed by atoms with Crippen molar-refractivity contribution in [3.63, 3.8) is 0 Å². The van der Waals surface area contributed by atoms with Gasteiger partial charge in [0.1, 0.15) is 24.0 Å². The highest BCUT2D eigenvalue weighted by Crippen LogP contribution is 2.22. The first kappa shape index (κ1) is 15.3. The molecule has 2 nitrogen and oxygen atoms in total. The van der Waals surface area contributed by atoms with Gasteiger partial charge >= 0.3 is 0 Å². The van der Waals surface area contributed by atoms with Crippen LogP contribution in [0.5, 0.6) is 5.75 Å². The maximum absolute atomic E-state index is 13.5. The Kier molecular flexibility index (Phi) is 5.15. The Morgan fingerprint density at radius 1 is 1.19 bits per heavy atom. The molecule has 21 heavy (non-hydrogen) atoms. The highest BCUT2D eigenvalue weighted by Gasteiger charge is 2.07. The van der Waals surface area contributed by atoms with Gasteiger partial charge < -0.3 is 10.5 Å². The molecule has 0 aliphatic carbocycles. The van der Waals surface area contributed by atoms with Crippen LogP contribution in [-0.2, 0) is 6.61 Å². The number of nitrogens with two attached hydrogens (primary N) is 1. The Hall–Kier alpha value is -2.09. The highest BCUT2D eigenvalue weighted by molar-refractivity contribution is 6.31. The van der Waals surface area contributed by atoms with Crippen LogP contribution < -0.4 is 10.5 Å². The fraction of sp³-hybridized carbons (Fsp3) is 0.125. The lowest BCUT2D eigenvalue weighted by Crippen LogP contribution is -1.98. The second-order valence-electron chi connectivity index (χ2n) is 4.18. The van der Waals surface area contributed by atoms with Gasteiger partial charge in [-0.2, -0.15) is 0 Å². The van der Waals surface area contributed by atoms with E-state index >= 15 is 0 Å². The number of halogens is 3. The molecule has 0 aliphatic rings. The van der Waals surface area contributed by atoms with E-state index in [1.807, 2.05) is 0 Å². The molecule has 2 rings (SSSR count). The zero-order valence-electron chi connectivity index (χ0n) is 11.0. The predicted molar refractivity (Wildman–Crippen MR) is 78.1 cm³/mol. The molecule has 0 fully saturated rings. The SMILES string of the molecule is NCC#Cc1cc(F)cc(OCc2cccc(F)c2Cl)c1. The molecular formula is C16H12ClF2NO. The monoisotopic (exact) mass is 307 g/mol. The van der Waals surface area contributed by atoms with Crippen molar-refractivity contribution in [3.05, 3.63) is 64.2 Å². The van der Waals surface area contributed by atoms with E-state index in [-0.39, 0.29) is 23.9 Å². The zero-order chi connectivity index (χ0) is 15.2. The largest absolute Gasteiger partial charge is 0.489 e. The molecule has 0 saturated heterocycles. The van der Waals surface area contributed by atoms with Crippen molar-refractivity contribution in [1.82, 2.24) is 0 Å². The molecule has 2 aromatic carbocycles. The number of ether oxygens (including phenoxy) is 1. The average Bonchev–Trinajstić information content (AvgIpc) is 2.46. The summed E-state index contributed by atoms with van der Waals surface area (Å²) in [7, 11) is 0. The summed E-state index contributed by atoms with van der Waals surface area (Å²) in [6.07, 6.45) is 0. The summed E-state index contributed by atoms with van der Waals surface area (Å²) in [6.45, 7) is 0.218. The Bertz CT molecular complexity index is 707. The van der Waals surface area contributed by atoms with E-state index in [2.05, 4.69) is 11.8 Å². The van der Waals surface area contributed by atoms with E-state index in [0.29, 0.717) is 11.1 Å². The Labute approximate surface area is 126 Å². The molecule has 0 spiro atoms. The number of benzene rings is 2. The van der Waals surface area contributed by atoms with Crippen LogP contribution in [0.2, 0.25) is 5.02 Å². The van der Waals surface area contributed by atoms with Crippen molar-refractivity contribution < 1.29 is 13.5 Å². The molecule has 2 N–H and O–H groups in total. The molecular weight excluding hydrogens is 296 g/mol. The molecule has 5 heteroatoms. The third kappa shape index (κ3) is 4.19. The molecule has 0 saturated carbocycles. The zero-order valence-corrected chi connectivity index (χ0v) is 11.8. The van der Waals surface area contributed by atoms with E-state index in [1.54, 1.807) is 12.1 Å². The molecule has 0 aromatic heterocycles. The second kappa shape index (κ2) is 7.07. The summed E-state index contributed by atoms with van der Waals surface area (Å²) in [6, 6.07) is 8.52. The van der Waals surface area contributed by atoms with Gasteiger partial charge in [0.05, 0.1) is 11.6 Å². The normalized spacial score (nSPS) is 9.90. The smallest absolute Gasteiger partial charge is 0.142 e. The summed E-state index contributed by atoms with van der Waals surface area (Å²) in [4.78, 5) is 0. The number of hydrogen-bond acceptors (Lipinski definition) is 2. The van der Waals surface area contributed by atoms with Crippen molar-refractivity contribution in [1.29, 1.82) is 0 Å². The van der Waals surface area contributed by atoms with Crippen LogP contribution in [0.4, 0.5) is 8.78 Å². The predicted octanol–water partition coefficient (Wildman–Crippen LogP) is 3.51. The van der Waals surface area contributed by atoms with Gasteiger partial charge in [0.2, 0.25) is 0 Å². The minimum absolute atomic E-state index is 0.00273. The Morgan fingerprint density at radius 2 is 2.00 bits per heavy atom. The molecule has 2 aromatic rings. The van der Waals surface area contributed by atoms with Gasteiger partial charge in [-0.25, -0.2) is 8.78 Å². The van der Waals surface area contributed by atoms with E-state index in [1.165, 1.54) is 24.3 Å². The van der Waals surface area contributed by atoms with Gasteiger partial charge in [-0.05, 0) is 18.2 Å². The van der Waals surface area contributed by atoms with Crippen LogP contribution in [0.25, 0.3) is 0 Å². The third-order valence-corrected chi connectivity index (χ3v) is 3.06. The fourth-order valence-corrected chi connectivity index (χ4v) is 1.87. The first-order valence-corrected chi connectivity index (χ1v) is 6.53. The summed E-state index contributed by atoms with van der Waals surface area (Å²) in [5.41, 5.74) is 6.21. The topological polar surface area (TPSA) is 35.2 Å². The van der Waals surface area contributed by atoms with E-state index in [4.69, 9.17) is 22.1 Å². The van der Waals surface area contributed by atoms with Gasteiger partial charge in [0.15, 0.2) is 0 Å². The summed E-state index contributed by atoms with van der Waals surface area (Å²) in [5, 5.41) is -0.00273. The fourth-order valence-electron chi connectivity index (χ4n) is 1.69. The van der Waals surface area contributed by atoms with Gasteiger partial charge in [0.25, 0.3) is 0 Å². The van der Waals surface area contributed by atoms with Crippen molar-refractivity contribution >= 4 is 11.6 Å². The molecule has 0 radical (unpaired) electrons. The summed E-state index contributed by atoms with van der Waals surface area (Å²) >= 11 is 5.83. The Morgan fingerprint density at radius 3 is 2.76 bits per heavy atom. The average molecular weight is 308 g/mol. The van der Waals surface area contributed by atoms with Crippen LogP contribution in [0.15, 0.2) is 36.4 Å². The lowest BCUT2D eigenvalue weighted by Gasteiger charge is -2.09. The first-order chi connectivity index (χ1) is 10.1. The molecule has 0 atom stereocenters. The van der Waals surface area contributed by atoms with Crippen LogP contribution in [0.3, 0.4) is 0 Å². The molecule has 0 heterocycles. The third-order valence-electron chi connectivity index (χ3n) is 2.63. The molecule has 0 unspecified atom stereocenters. The first-order valence-electron chi connectivity index (χ1n) is 6.15. The lowest BCUT2D eigenvalue weighted by molar-refractivity contribution is 0.304. The quantitative estimate of drug-likeness (QED) is 0.881. The number of hydrogen-bond donors (Lipinski definition) is 1. The second-order valence-corrected chi connectivity index (χ2v) is 4.56. The van der Waals surface area contributed by atoms with Crippen LogP contribution >= 0.6 is 11.6 Å². The van der Waals surface area contributed by atoms with E-state index in [9.17, 15) is 8.78 Å². The van der Waals surface area contributed by atoms with Gasteiger partial charge in [0, 0.05) is 17.2 Å². The van der Waals surface area contributed by atoms with Crippen molar-refractivity contribution in [2.24, 2.45) is 5.73 Å². The minimum atomic E-state index is -0.522. The minimum Gasteiger partial charge on any atom is -0.489 e. The van der Waals surface area contributed by atoms with Crippen molar-refractivity contribution in [3.8, 4) is 17.6 Å². The molecule has 108 valence electrons. The molecule has 0 amide bonds. The summed E-state index contributed by atoms with van der Waals surface area (Å²) in [5.74, 6) is 4.65. The highest BCUT2D eigenvalue weighted by atomic mass is 35.5. The summed E-state index contributed by atoms with van der Waals surface area (Å²) < 4.78 is 32.2.